The Morgan fingerprint density at radius 1 is 1.18 bits per heavy atom. The fourth-order valence-corrected chi connectivity index (χ4v) is 5.62. The maximum atomic E-state index is 6.06. The molecule has 3 saturated heterocycles. The highest BCUT2D eigenvalue weighted by Gasteiger charge is 2.35. The minimum absolute atomic E-state index is 0.433. The molecule has 0 amide bonds. The molecule has 0 radical (unpaired) electrons. The fourth-order valence-electron chi connectivity index (χ4n) is 4.28. The Hall–Kier alpha value is -1.40. The second kappa shape index (κ2) is 4.80. The molecule has 0 unspecified atom stereocenters. The monoisotopic (exact) mass is 315 g/mol. The molecule has 2 atom stereocenters. The topological polar surface area (TPSA) is 67.1 Å². The van der Waals surface area contributed by atoms with Gasteiger partial charge in [0.25, 0.3) is 0 Å². The number of nitrogens with zero attached hydrogens (tertiary/aromatic N) is 3. The van der Waals surface area contributed by atoms with E-state index in [-0.39, 0.29) is 0 Å². The van der Waals surface area contributed by atoms with Crippen molar-refractivity contribution in [3.63, 3.8) is 0 Å². The molecule has 2 aromatic heterocycles. The maximum Gasteiger partial charge on any atom is 0.222 e. The largest absolute Gasteiger partial charge is 0.368 e. The van der Waals surface area contributed by atoms with Crippen LogP contribution in [0.3, 0.4) is 0 Å². The van der Waals surface area contributed by atoms with E-state index >= 15 is 0 Å². The SMILES string of the molecule is Nc1nc(N2C[C@H]3CC[C@@H]2CN3)c2sc3c(c2n1)CCCC3. The van der Waals surface area contributed by atoms with Crippen molar-refractivity contribution in [1.29, 1.82) is 0 Å². The molecule has 3 N–H and O–H groups in total. The Morgan fingerprint density at radius 3 is 2.86 bits per heavy atom. The first kappa shape index (κ1) is 13.1. The van der Waals surface area contributed by atoms with E-state index in [1.54, 1.807) is 0 Å². The van der Waals surface area contributed by atoms with Crippen LogP contribution in [0.2, 0.25) is 0 Å². The van der Waals surface area contributed by atoms with Crippen LogP contribution in [-0.2, 0) is 12.8 Å². The quantitative estimate of drug-likeness (QED) is 0.843. The lowest BCUT2D eigenvalue weighted by Gasteiger charge is -2.46. The lowest BCUT2D eigenvalue weighted by atomic mass is 9.93. The molecule has 2 aromatic rings. The molecule has 3 aliphatic heterocycles. The predicted octanol–water partition coefficient (Wildman–Crippen LogP) is 2.09. The standard InChI is InChI=1S/C16H21N5S/c17-16-19-13-11-3-1-2-4-12(11)22-14(13)15(20-16)21-8-9-5-6-10(21)7-18-9/h9-10,18H,1-8H2,(H2,17,19,20)/t9-,10-/m1/s1. The average Bonchev–Trinajstić information content (AvgIpc) is 2.94. The number of piperazine rings is 1. The van der Waals surface area contributed by atoms with Crippen molar-refractivity contribution in [2.24, 2.45) is 0 Å². The van der Waals surface area contributed by atoms with Gasteiger partial charge in [-0.15, -0.1) is 11.3 Å². The first-order chi connectivity index (χ1) is 10.8. The smallest absolute Gasteiger partial charge is 0.222 e. The van der Waals surface area contributed by atoms with E-state index in [1.807, 2.05) is 11.3 Å². The van der Waals surface area contributed by atoms with Gasteiger partial charge in [0.05, 0.1) is 10.2 Å². The predicted molar refractivity (Wildman–Crippen MR) is 90.6 cm³/mol. The summed E-state index contributed by atoms with van der Waals surface area (Å²) in [5.41, 5.74) is 8.64. The molecule has 6 heteroatoms. The van der Waals surface area contributed by atoms with Gasteiger partial charge in [0.2, 0.25) is 5.95 Å². The van der Waals surface area contributed by atoms with Gasteiger partial charge in [0.1, 0.15) is 0 Å². The van der Waals surface area contributed by atoms with Crippen LogP contribution in [0.5, 0.6) is 0 Å². The molecular formula is C16H21N5S. The molecule has 5 nitrogen and oxygen atoms in total. The minimum atomic E-state index is 0.433. The molecule has 5 heterocycles. The number of aromatic nitrogens is 2. The Bertz CT molecular complexity index is 732. The fraction of sp³-hybridized carbons (Fsp3) is 0.625. The zero-order valence-electron chi connectivity index (χ0n) is 12.6. The number of nitrogens with one attached hydrogen (secondary N) is 1. The number of aryl methyl sites for hydroxylation is 2. The molecule has 0 aromatic carbocycles. The van der Waals surface area contributed by atoms with Crippen molar-refractivity contribution in [3.05, 3.63) is 10.4 Å². The van der Waals surface area contributed by atoms with Crippen LogP contribution < -0.4 is 16.0 Å². The van der Waals surface area contributed by atoms with Gasteiger partial charge >= 0.3 is 0 Å². The number of hydrogen-bond acceptors (Lipinski definition) is 6. The van der Waals surface area contributed by atoms with Crippen molar-refractivity contribution in [2.45, 2.75) is 50.6 Å². The minimum Gasteiger partial charge on any atom is -0.368 e. The van der Waals surface area contributed by atoms with Crippen LogP contribution in [0.25, 0.3) is 10.2 Å². The third-order valence-electron chi connectivity index (χ3n) is 5.41. The number of thiophene rings is 1. The van der Waals surface area contributed by atoms with Gasteiger partial charge in [0.15, 0.2) is 5.82 Å². The van der Waals surface area contributed by atoms with E-state index in [2.05, 4.69) is 20.2 Å². The van der Waals surface area contributed by atoms with E-state index in [9.17, 15) is 0 Å². The van der Waals surface area contributed by atoms with E-state index in [4.69, 9.17) is 5.73 Å². The summed E-state index contributed by atoms with van der Waals surface area (Å²) in [6.07, 6.45) is 7.47. The maximum absolute atomic E-state index is 6.06. The summed E-state index contributed by atoms with van der Waals surface area (Å²) in [6, 6.07) is 1.16. The number of anilines is 2. The van der Waals surface area contributed by atoms with Crippen molar-refractivity contribution >= 4 is 33.3 Å². The van der Waals surface area contributed by atoms with Gasteiger partial charge in [-0.2, -0.15) is 4.98 Å². The highest BCUT2D eigenvalue weighted by molar-refractivity contribution is 7.19. The van der Waals surface area contributed by atoms with Crippen LogP contribution in [0.4, 0.5) is 11.8 Å². The molecular weight excluding hydrogens is 294 g/mol. The second-order valence-corrected chi connectivity index (χ2v) is 7.89. The average molecular weight is 315 g/mol. The highest BCUT2D eigenvalue weighted by atomic mass is 32.1. The third-order valence-corrected chi connectivity index (χ3v) is 6.69. The first-order valence-corrected chi connectivity index (χ1v) is 9.19. The number of hydrogen-bond donors (Lipinski definition) is 2. The molecule has 116 valence electrons. The normalized spacial score (nSPS) is 27.4. The molecule has 0 saturated carbocycles. The van der Waals surface area contributed by atoms with Crippen molar-refractivity contribution in [3.8, 4) is 0 Å². The Labute approximate surface area is 133 Å². The zero-order chi connectivity index (χ0) is 14.7. The van der Waals surface area contributed by atoms with Crippen LogP contribution in [0.15, 0.2) is 0 Å². The van der Waals surface area contributed by atoms with Crippen molar-refractivity contribution in [2.75, 3.05) is 23.7 Å². The molecule has 2 bridgehead atoms. The Balaban J connectivity index is 1.68. The third kappa shape index (κ3) is 1.86. The molecule has 0 spiro atoms. The Kier molecular flexibility index (Phi) is 2.85. The van der Waals surface area contributed by atoms with Crippen LogP contribution in [-0.4, -0.2) is 35.1 Å². The van der Waals surface area contributed by atoms with Gasteiger partial charge in [-0.1, -0.05) is 0 Å². The zero-order valence-corrected chi connectivity index (χ0v) is 13.5. The van der Waals surface area contributed by atoms with Gasteiger partial charge < -0.3 is 16.0 Å². The molecule has 4 aliphatic rings. The molecule has 22 heavy (non-hydrogen) atoms. The number of piperidine rings is 2. The van der Waals surface area contributed by atoms with Gasteiger partial charge in [0, 0.05) is 30.1 Å². The number of nitrogens with two attached hydrogens (primary N) is 1. The number of nitrogen functional groups attached to an aromatic ring is 1. The lowest BCUT2D eigenvalue weighted by Crippen LogP contribution is -2.61. The van der Waals surface area contributed by atoms with Crippen LogP contribution >= 0.6 is 11.3 Å². The van der Waals surface area contributed by atoms with E-state index in [1.165, 1.54) is 47.2 Å². The summed E-state index contributed by atoms with van der Waals surface area (Å²) in [5, 5.41) is 3.62. The summed E-state index contributed by atoms with van der Waals surface area (Å²) in [4.78, 5) is 13.3. The van der Waals surface area contributed by atoms with Crippen LogP contribution in [0, 0.1) is 0 Å². The lowest BCUT2D eigenvalue weighted by molar-refractivity contribution is 0.289. The summed E-state index contributed by atoms with van der Waals surface area (Å²) in [7, 11) is 0. The first-order valence-electron chi connectivity index (χ1n) is 8.37. The van der Waals surface area contributed by atoms with E-state index < -0.39 is 0 Å². The Morgan fingerprint density at radius 2 is 2.09 bits per heavy atom. The van der Waals surface area contributed by atoms with E-state index in [0.29, 0.717) is 18.0 Å². The molecule has 3 fully saturated rings. The molecule has 1 aliphatic carbocycles. The summed E-state index contributed by atoms with van der Waals surface area (Å²) in [6.45, 7) is 2.12. The van der Waals surface area contributed by atoms with E-state index in [0.717, 1.165) is 30.8 Å². The highest BCUT2D eigenvalue weighted by Crippen LogP contribution is 2.41. The van der Waals surface area contributed by atoms with Crippen molar-refractivity contribution < 1.29 is 0 Å². The summed E-state index contributed by atoms with van der Waals surface area (Å²) >= 11 is 1.91. The number of rotatable bonds is 1. The second-order valence-electron chi connectivity index (χ2n) is 6.78. The van der Waals surface area contributed by atoms with Gasteiger partial charge in [-0.05, 0) is 44.1 Å². The van der Waals surface area contributed by atoms with Gasteiger partial charge in [-0.25, -0.2) is 4.98 Å². The molecule has 6 rings (SSSR count). The van der Waals surface area contributed by atoms with Crippen LogP contribution in [0.1, 0.15) is 36.1 Å². The summed E-state index contributed by atoms with van der Waals surface area (Å²) < 4.78 is 1.27. The number of fused-ring (bicyclic) bond motifs is 6. The summed E-state index contributed by atoms with van der Waals surface area (Å²) in [5.74, 6) is 1.53. The van der Waals surface area contributed by atoms with Gasteiger partial charge in [-0.3, -0.25) is 0 Å². The van der Waals surface area contributed by atoms with Crippen molar-refractivity contribution in [1.82, 2.24) is 15.3 Å².